The van der Waals surface area contributed by atoms with E-state index in [2.05, 4.69) is 34.1 Å². The van der Waals surface area contributed by atoms with Crippen molar-refractivity contribution in [3.05, 3.63) is 47.8 Å². The van der Waals surface area contributed by atoms with Crippen molar-refractivity contribution in [3.8, 4) is 11.5 Å². The number of nitrogens with one attached hydrogen (secondary N) is 1. The Kier molecular flexibility index (Phi) is 4.09. The lowest BCUT2D eigenvalue weighted by Crippen LogP contribution is -2.41. The fourth-order valence-corrected chi connectivity index (χ4v) is 7.20. The summed E-state index contributed by atoms with van der Waals surface area (Å²) in [6, 6.07) is 12.1. The fourth-order valence-electron chi connectivity index (χ4n) is 7.20. The third-order valence-electron chi connectivity index (χ3n) is 9.17. The summed E-state index contributed by atoms with van der Waals surface area (Å²) in [7, 11) is 1.87. The van der Waals surface area contributed by atoms with E-state index < -0.39 is 5.82 Å². The lowest BCUT2D eigenvalue weighted by atomic mass is 10.1. The molecule has 2 aromatic heterocycles. The molecule has 2 saturated carbocycles. The summed E-state index contributed by atoms with van der Waals surface area (Å²) in [4.78, 5) is 20.2. The zero-order chi connectivity index (χ0) is 24.3. The average Bonchev–Trinajstić information content (AvgIpc) is 3.33. The molecule has 8 heteroatoms. The number of imidazole rings is 1. The summed E-state index contributed by atoms with van der Waals surface area (Å²) in [6.07, 6.45) is 4.47. The number of aryl methyl sites for hydroxylation is 1. The number of halogens is 1. The van der Waals surface area contributed by atoms with Crippen LogP contribution < -0.4 is 11.1 Å². The van der Waals surface area contributed by atoms with Crippen LogP contribution in [0, 0.1) is 17.7 Å². The monoisotopic (exact) mass is 484 g/mol. The molecule has 8 rings (SSSR count). The van der Waals surface area contributed by atoms with Crippen molar-refractivity contribution < 1.29 is 9.18 Å². The van der Waals surface area contributed by atoms with Crippen molar-refractivity contribution in [1.29, 1.82) is 0 Å². The Hall–Kier alpha value is -3.39. The van der Waals surface area contributed by atoms with Gasteiger partial charge in [-0.1, -0.05) is 12.1 Å². The van der Waals surface area contributed by atoms with Crippen molar-refractivity contribution in [1.82, 2.24) is 19.0 Å². The van der Waals surface area contributed by atoms with Gasteiger partial charge in [0.15, 0.2) is 5.82 Å². The first-order valence-corrected chi connectivity index (χ1v) is 13.1. The van der Waals surface area contributed by atoms with Gasteiger partial charge in [-0.15, -0.1) is 0 Å². The topological polar surface area (TPSA) is 81.1 Å². The number of para-hydroxylation sites is 1. The van der Waals surface area contributed by atoms with E-state index in [0.717, 1.165) is 42.0 Å². The van der Waals surface area contributed by atoms with E-state index in [1.165, 1.54) is 24.4 Å². The maximum Gasteiger partial charge on any atom is 0.254 e. The lowest BCUT2D eigenvalue weighted by Gasteiger charge is -2.29. The maximum absolute atomic E-state index is 15.6. The number of benzene rings is 2. The van der Waals surface area contributed by atoms with Gasteiger partial charge in [-0.25, -0.2) is 9.37 Å². The lowest BCUT2D eigenvalue weighted by molar-refractivity contribution is 0.0700. The highest BCUT2D eigenvalue weighted by molar-refractivity contribution is 6.00. The van der Waals surface area contributed by atoms with Crippen molar-refractivity contribution in [2.45, 2.75) is 43.8 Å². The Morgan fingerprint density at radius 2 is 1.92 bits per heavy atom. The van der Waals surface area contributed by atoms with Gasteiger partial charge in [0.05, 0.1) is 28.5 Å². The van der Waals surface area contributed by atoms with E-state index in [-0.39, 0.29) is 18.0 Å². The highest BCUT2D eigenvalue weighted by Crippen LogP contribution is 2.47. The Bertz CT molecular complexity index is 1580. The van der Waals surface area contributed by atoms with Crippen LogP contribution in [0.3, 0.4) is 0 Å². The highest BCUT2D eigenvalue weighted by Gasteiger charge is 2.47. The molecule has 1 saturated heterocycles. The van der Waals surface area contributed by atoms with E-state index in [1.807, 2.05) is 16.5 Å². The van der Waals surface area contributed by atoms with Gasteiger partial charge in [-0.3, -0.25) is 4.79 Å². The Balaban J connectivity index is 1.27. The second kappa shape index (κ2) is 7.09. The molecule has 4 aromatic rings. The van der Waals surface area contributed by atoms with Crippen LogP contribution in [0.4, 0.5) is 10.1 Å². The van der Waals surface area contributed by atoms with Crippen LogP contribution >= 0.6 is 0 Å². The summed E-state index contributed by atoms with van der Waals surface area (Å²) in [5.74, 6) is 1.18. The fraction of sp³-hybridized carbons (Fsp3) is 0.429. The molecule has 2 bridgehead atoms. The molecule has 184 valence electrons. The van der Waals surface area contributed by atoms with Gasteiger partial charge in [0.1, 0.15) is 11.3 Å². The van der Waals surface area contributed by atoms with Gasteiger partial charge >= 0.3 is 0 Å². The quantitative estimate of drug-likeness (QED) is 0.455. The molecule has 3 fully saturated rings. The highest BCUT2D eigenvalue weighted by atomic mass is 19.1. The van der Waals surface area contributed by atoms with Gasteiger partial charge in [-0.05, 0) is 61.8 Å². The minimum Gasteiger partial charge on any atom is -0.381 e. The number of hydrogen-bond donors (Lipinski definition) is 2. The number of aromatic nitrogens is 3. The number of nitrogens with two attached hydrogens (primary N) is 1. The van der Waals surface area contributed by atoms with Gasteiger partial charge in [0.25, 0.3) is 5.91 Å². The van der Waals surface area contributed by atoms with Crippen molar-refractivity contribution >= 4 is 33.5 Å². The van der Waals surface area contributed by atoms with Gasteiger partial charge in [0, 0.05) is 43.2 Å². The van der Waals surface area contributed by atoms with Crippen LogP contribution in [0.5, 0.6) is 0 Å². The van der Waals surface area contributed by atoms with E-state index in [4.69, 9.17) is 10.7 Å². The molecule has 4 atom stereocenters. The summed E-state index contributed by atoms with van der Waals surface area (Å²) < 4.78 is 19.8. The molecule has 2 aliphatic carbocycles. The number of carbonyl (C=O) groups excluding carboxylic acids is 1. The van der Waals surface area contributed by atoms with Crippen molar-refractivity contribution in [2.75, 3.05) is 18.4 Å². The zero-order valence-electron chi connectivity index (χ0n) is 20.2. The maximum atomic E-state index is 15.6. The Morgan fingerprint density at radius 3 is 2.67 bits per heavy atom. The van der Waals surface area contributed by atoms with Crippen LogP contribution in [0.15, 0.2) is 36.4 Å². The van der Waals surface area contributed by atoms with Crippen molar-refractivity contribution in [2.24, 2.45) is 24.6 Å². The first-order chi connectivity index (χ1) is 17.5. The number of fused-ring (bicyclic) bond motifs is 3. The van der Waals surface area contributed by atoms with Crippen LogP contribution in [-0.2, 0) is 7.05 Å². The molecule has 4 heterocycles. The molecule has 7 nitrogen and oxygen atoms in total. The summed E-state index contributed by atoms with van der Waals surface area (Å²) in [5, 5.41) is 4.77. The van der Waals surface area contributed by atoms with Gasteiger partial charge < -0.3 is 25.1 Å². The predicted octanol–water partition coefficient (Wildman–Crippen LogP) is 4.27. The molecular formula is C28H29FN6O. The molecule has 1 amide bonds. The normalized spacial score (nSPS) is 26.8. The van der Waals surface area contributed by atoms with E-state index >= 15 is 4.39 Å². The second-order valence-corrected chi connectivity index (χ2v) is 11.2. The van der Waals surface area contributed by atoms with Crippen LogP contribution in [0.25, 0.3) is 33.5 Å². The Morgan fingerprint density at radius 1 is 1.08 bits per heavy atom. The van der Waals surface area contributed by atoms with E-state index in [1.54, 1.807) is 6.07 Å². The molecular weight excluding hydrogens is 455 g/mol. The standard InChI is InChI=1S/C28H29FN6O/c1-33-26-18(29)9-17(28(36)34-13-16-7-8-21(34)24(16)30)10-20(26)32-27(33)22-11-15-3-2-4-19-25(15)35(22)23(12-31-19)14-5-6-14/h2-4,9-11,14,16,21,23-24,31H,5-8,12-13,30H2,1H3/t16-,21-,23+,24-/m1/s1. The molecule has 36 heavy (non-hydrogen) atoms. The number of amides is 1. The average molecular weight is 485 g/mol. The molecule has 3 N–H and O–H groups in total. The third kappa shape index (κ3) is 2.70. The molecule has 0 radical (unpaired) electrons. The number of nitrogens with zero attached hydrogens (tertiary/aromatic N) is 4. The molecule has 2 aliphatic heterocycles. The zero-order valence-corrected chi connectivity index (χ0v) is 20.2. The predicted molar refractivity (Wildman–Crippen MR) is 137 cm³/mol. The van der Waals surface area contributed by atoms with Crippen molar-refractivity contribution in [3.63, 3.8) is 0 Å². The summed E-state index contributed by atoms with van der Waals surface area (Å²) in [6.45, 7) is 1.55. The number of hydrogen-bond acceptors (Lipinski definition) is 4. The largest absolute Gasteiger partial charge is 0.381 e. The summed E-state index contributed by atoms with van der Waals surface area (Å²) in [5.41, 5.74) is 10.9. The first-order valence-electron chi connectivity index (χ1n) is 13.1. The molecule has 4 aliphatic rings. The van der Waals surface area contributed by atoms with E-state index in [9.17, 15) is 4.79 Å². The number of piperidine rings is 1. The minimum absolute atomic E-state index is 0.0308. The number of likely N-dealkylation sites (tertiary alicyclic amines) is 1. The number of anilines is 1. The Labute approximate surface area is 208 Å². The van der Waals surface area contributed by atoms with Crippen LogP contribution in [-0.4, -0.2) is 50.1 Å². The van der Waals surface area contributed by atoms with Crippen LogP contribution in [0.1, 0.15) is 42.1 Å². The number of rotatable bonds is 3. The molecule has 2 aromatic carbocycles. The van der Waals surface area contributed by atoms with E-state index in [0.29, 0.717) is 41.0 Å². The van der Waals surface area contributed by atoms with Gasteiger partial charge in [0.2, 0.25) is 0 Å². The summed E-state index contributed by atoms with van der Waals surface area (Å²) >= 11 is 0. The smallest absolute Gasteiger partial charge is 0.254 e. The number of carbonyl (C=O) groups is 1. The SMILES string of the molecule is Cn1c(-c2cc3cccc4c3n2[C@H](C2CC2)CN4)nc2cc(C(=O)N3C[C@H]4CC[C@@H]3[C@@H]4N)cc(F)c21. The first kappa shape index (κ1) is 20.8. The van der Waals surface area contributed by atoms with Crippen LogP contribution in [0.2, 0.25) is 0 Å². The molecule has 0 unspecified atom stereocenters. The third-order valence-corrected chi connectivity index (χ3v) is 9.17. The van der Waals surface area contributed by atoms with Gasteiger partial charge in [-0.2, -0.15) is 0 Å². The minimum atomic E-state index is -0.415. The molecule has 0 spiro atoms. The second-order valence-electron chi connectivity index (χ2n) is 11.2.